The first-order valence-corrected chi connectivity index (χ1v) is 35.0. The maximum Gasteiger partial charge on any atom is 0.413 e. The molecule has 10 aromatic heterocycles. The molecule has 3 aromatic carbocycles. The molecule has 0 spiro atoms. The normalized spacial score (nSPS) is 12.6. The number of H-pyrrole nitrogens is 3. The Bertz CT molecular complexity index is 5450. The van der Waals surface area contributed by atoms with E-state index in [1.807, 2.05) is 120 Å². The summed E-state index contributed by atoms with van der Waals surface area (Å²) in [6.07, 6.45) is 12.1. The lowest BCUT2D eigenvalue weighted by Gasteiger charge is -2.26. The Balaban J connectivity index is 0.000000151. The van der Waals surface area contributed by atoms with Crippen molar-refractivity contribution < 1.29 is 38.1 Å². The number of carbonyl (C=O) groups is 4. The minimum atomic E-state index is -0.613. The summed E-state index contributed by atoms with van der Waals surface area (Å²) in [5, 5.41) is 13.5. The number of ether oxygens (including phenoxy) is 4. The quantitative estimate of drug-likeness (QED) is 0.0331. The number of nitrogens with zero attached hydrogens (tertiary/aromatic N) is 14. The third kappa shape index (κ3) is 17.8. The number of aromatic nitrogens is 16. The number of aromatic amines is 3. The zero-order chi connectivity index (χ0) is 75.8. The predicted molar refractivity (Wildman–Crippen MR) is 408 cm³/mol. The van der Waals surface area contributed by atoms with Crippen molar-refractivity contribution in [2.24, 2.45) is 0 Å². The fourth-order valence-electron chi connectivity index (χ4n) is 12.5. The summed E-state index contributed by atoms with van der Waals surface area (Å²) in [6.45, 7) is 18.9. The van der Waals surface area contributed by atoms with Crippen molar-refractivity contribution >= 4 is 75.1 Å². The van der Waals surface area contributed by atoms with Gasteiger partial charge in [0.2, 0.25) is 17.8 Å². The van der Waals surface area contributed by atoms with Gasteiger partial charge in [-0.2, -0.15) is 0 Å². The Kier molecular flexibility index (Phi) is 23.9. The second-order valence-electron chi connectivity index (χ2n) is 24.8. The smallest absolute Gasteiger partial charge is 0.413 e. The SMILES string of the molecule is CCNC(=O)Nc1nc2c(-c3ncccn3)cc(-c3cc(C)n([C@H](C)c4ccccn4)c(=O)c3)cc2[nH]1.CCOC(=O)Nc1nc2c(-c3ccccn3)cc(-c3cc(C)n(C(C)COC)c(=O)c3)cc2[nH]1.CCOC(=O)Nc1nc2c(-c3ncccn3)cc(-n3cnc(C(=O)NCCN4CCOCC4)c3)cc2[nH]1. The monoisotopic (exact) mass is 1460 g/mol. The lowest BCUT2D eigenvalue weighted by Crippen LogP contribution is -2.41. The Morgan fingerprint density at radius 3 is 1.62 bits per heavy atom. The van der Waals surface area contributed by atoms with Crippen LogP contribution >= 0.6 is 0 Å². The van der Waals surface area contributed by atoms with E-state index in [2.05, 4.69) is 96.3 Å². The molecule has 1 saturated heterocycles. The first-order valence-electron chi connectivity index (χ1n) is 35.0. The molecule has 32 heteroatoms. The molecule has 0 saturated carbocycles. The van der Waals surface area contributed by atoms with E-state index < -0.39 is 12.2 Å². The largest absolute Gasteiger partial charge is 0.450 e. The molecule has 5 amide bonds. The molecule has 0 aliphatic carbocycles. The molecule has 0 radical (unpaired) electrons. The lowest BCUT2D eigenvalue weighted by molar-refractivity contribution is 0.0383. The third-order valence-corrected chi connectivity index (χ3v) is 17.3. The number of fused-ring (bicyclic) bond motifs is 3. The zero-order valence-corrected chi connectivity index (χ0v) is 60.6. The fourth-order valence-corrected chi connectivity index (χ4v) is 12.5. The fraction of sp³-hybridized carbons (Fsp3) is 0.263. The van der Waals surface area contributed by atoms with Crippen LogP contribution in [0.3, 0.4) is 0 Å². The van der Waals surface area contributed by atoms with Crippen molar-refractivity contribution in [3.63, 3.8) is 0 Å². The maximum atomic E-state index is 13.3. The van der Waals surface area contributed by atoms with E-state index in [0.717, 1.165) is 83.4 Å². The van der Waals surface area contributed by atoms with Crippen molar-refractivity contribution in [2.45, 2.75) is 60.5 Å². The van der Waals surface area contributed by atoms with Crippen molar-refractivity contribution in [1.29, 1.82) is 0 Å². The summed E-state index contributed by atoms with van der Waals surface area (Å²) in [5.74, 6) is 1.49. The number of urea groups is 1. The van der Waals surface area contributed by atoms with Crippen LogP contribution < -0.4 is 37.7 Å². The van der Waals surface area contributed by atoms with E-state index in [0.29, 0.717) is 92.9 Å². The van der Waals surface area contributed by atoms with Crippen LogP contribution in [-0.4, -0.2) is 180 Å². The number of methoxy groups -OCH3 is 1. The Morgan fingerprint density at radius 2 is 1.08 bits per heavy atom. The van der Waals surface area contributed by atoms with Crippen LogP contribution in [0.5, 0.6) is 0 Å². The molecule has 554 valence electrons. The second-order valence-corrected chi connectivity index (χ2v) is 24.8. The highest BCUT2D eigenvalue weighted by atomic mass is 16.6. The Morgan fingerprint density at radius 1 is 0.565 bits per heavy atom. The Labute approximate surface area is 618 Å². The average Bonchev–Trinajstić information content (AvgIpc) is 1.32. The molecule has 108 heavy (non-hydrogen) atoms. The lowest BCUT2D eigenvalue weighted by atomic mass is 9.99. The number of hydrogen-bond donors (Lipinski definition) is 8. The van der Waals surface area contributed by atoms with E-state index in [4.69, 9.17) is 18.9 Å². The Hall–Kier alpha value is -13.2. The van der Waals surface area contributed by atoms with Gasteiger partial charge < -0.3 is 58.2 Å². The number of imidazole rings is 4. The third-order valence-electron chi connectivity index (χ3n) is 17.3. The van der Waals surface area contributed by atoms with E-state index in [-0.39, 0.29) is 60.3 Å². The van der Waals surface area contributed by atoms with Gasteiger partial charge in [-0.1, -0.05) is 12.1 Å². The summed E-state index contributed by atoms with van der Waals surface area (Å²) >= 11 is 0. The first kappa shape index (κ1) is 74.5. The van der Waals surface area contributed by atoms with Crippen LogP contribution in [0.4, 0.5) is 32.2 Å². The number of pyridine rings is 4. The number of carbonyl (C=O) groups excluding carboxylic acids is 4. The minimum Gasteiger partial charge on any atom is -0.450 e. The predicted octanol–water partition coefficient (Wildman–Crippen LogP) is 10.7. The number of amides is 5. The molecule has 1 unspecified atom stereocenters. The molecule has 1 aliphatic heterocycles. The van der Waals surface area contributed by atoms with E-state index in [1.54, 1.807) is 109 Å². The van der Waals surface area contributed by atoms with Gasteiger partial charge in [-0.05, 0) is 156 Å². The van der Waals surface area contributed by atoms with E-state index >= 15 is 0 Å². The van der Waals surface area contributed by atoms with Crippen molar-refractivity contribution in [3.05, 3.63) is 202 Å². The number of hydrogen-bond acceptors (Lipinski definition) is 21. The topological polar surface area (TPSA) is 394 Å². The zero-order valence-electron chi connectivity index (χ0n) is 60.6. The number of aryl methyl sites for hydroxylation is 2. The van der Waals surface area contributed by atoms with Crippen molar-refractivity contribution in [3.8, 4) is 62.0 Å². The summed E-state index contributed by atoms with van der Waals surface area (Å²) in [5.41, 5.74) is 13.0. The van der Waals surface area contributed by atoms with Gasteiger partial charge in [-0.3, -0.25) is 45.2 Å². The van der Waals surface area contributed by atoms with Gasteiger partial charge in [-0.25, -0.2) is 54.3 Å². The molecular weight excluding hydrogens is 1380 g/mol. The van der Waals surface area contributed by atoms with Crippen LogP contribution in [0.1, 0.15) is 74.3 Å². The van der Waals surface area contributed by atoms with Crippen molar-refractivity contribution in [2.75, 3.05) is 88.8 Å². The van der Waals surface area contributed by atoms with Crippen LogP contribution in [0, 0.1) is 13.8 Å². The molecule has 2 atom stereocenters. The molecule has 13 aromatic rings. The minimum absolute atomic E-state index is 0.0813. The van der Waals surface area contributed by atoms with Crippen LogP contribution in [0.2, 0.25) is 0 Å². The molecule has 1 fully saturated rings. The molecule has 14 rings (SSSR count). The summed E-state index contributed by atoms with van der Waals surface area (Å²) in [7, 11) is 1.62. The van der Waals surface area contributed by atoms with Gasteiger partial charge in [0, 0.05) is 129 Å². The van der Waals surface area contributed by atoms with Gasteiger partial charge in [0.25, 0.3) is 17.0 Å². The van der Waals surface area contributed by atoms with Gasteiger partial charge in [0.05, 0.1) is 78.6 Å². The summed E-state index contributed by atoms with van der Waals surface area (Å²) in [6, 6.07) is 32.7. The number of morpholine rings is 1. The van der Waals surface area contributed by atoms with Gasteiger partial charge in [-0.15, -0.1) is 0 Å². The maximum absolute atomic E-state index is 13.3. The highest BCUT2D eigenvalue weighted by molar-refractivity contribution is 6.00. The van der Waals surface area contributed by atoms with Crippen LogP contribution in [0.25, 0.3) is 95.1 Å². The second kappa shape index (κ2) is 34.6. The number of anilines is 3. The van der Waals surface area contributed by atoms with Gasteiger partial charge >= 0.3 is 18.2 Å². The molecule has 32 nitrogen and oxygen atoms in total. The molecule has 1 aliphatic rings. The van der Waals surface area contributed by atoms with Gasteiger partial charge in [0.1, 0.15) is 23.1 Å². The first-order chi connectivity index (χ1) is 52.4. The average molecular weight is 1460 g/mol. The number of rotatable bonds is 21. The summed E-state index contributed by atoms with van der Waals surface area (Å²) in [4.78, 5) is 131. The molecule has 8 N–H and O–H groups in total. The standard InChI is InChI=1S/C27H26N8O2.C25H27N5O4.C24H27N9O4/c1-4-28-27(37)34-26-32-22-14-19(13-20(24(22)33-26)25-30-10-7-11-31-25)18-12-16(2)35(23(36)15-18)17(3)21-8-5-6-9-29-21;1-5-34-25(32)29-24-27-21-12-18(11-19(23(21)28-24)20-8-6-7-9-26-20)17-10-15(2)30(22(31)13-17)16(3)14-33-4;1-2-37-24(35)31-23-29-18-13-16(12-17(20(18)30-23)21-25-4-3-5-26-21)33-14-19(28-15-33)22(34)27-6-7-32-8-10-36-11-9-32/h5-15,17H,4H2,1-3H3,(H3,28,32,33,34,37);6-13,16H,5,14H2,1-4H3,(H2,27,28,29,32);3-5,12-15H,2,6-11H2,1H3,(H,27,34)(H2,29,30,31,35)/t17-;;/m1../s1. The van der Waals surface area contributed by atoms with Gasteiger partial charge in [0.15, 0.2) is 11.6 Å². The number of nitrogens with one attached hydrogen (secondary N) is 8. The number of benzene rings is 3. The highest BCUT2D eigenvalue weighted by Gasteiger charge is 2.23. The van der Waals surface area contributed by atoms with E-state index in [9.17, 15) is 28.8 Å². The summed E-state index contributed by atoms with van der Waals surface area (Å²) < 4.78 is 25.7. The molecule has 11 heterocycles. The highest BCUT2D eigenvalue weighted by Crippen LogP contribution is 2.36. The molecular formula is C76H80N22O10. The van der Waals surface area contributed by atoms with E-state index in [1.165, 1.54) is 0 Å². The van der Waals surface area contributed by atoms with Crippen LogP contribution in [0.15, 0.2) is 168 Å². The van der Waals surface area contributed by atoms with Crippen molar-refractivity contribution in [1.82, 2.24) is 94.0 Å². The van der Waals surface area contributed by atoms with Crippen LogP contribution in [-0.2, 0) is 18.9 Å². The molecule has 0 bridgehead atoms.